The van der Waals surface area contributed by atoms with Crippen LogP contribution in [0.15, 0.2) is 95.9 Å². The zero-order valence-electron chi connectivity index (χ0n) is 25.8. The quantitative estimate of drug-likeness (QED) is 0.164. The van der Waals surface area contributed by atoms with E-state index >= 15 is 0 Å². The molecular weight excluding hydrogens is 608 g/mol. The predicted molar refractivity (Wildman–Crippen MR) is 173 cm³/mol. The molecule has 0 saturated heterocycles. The van der Waals surface area contributed by atoms with Crippen LogP contribution in [0.2, 0.25) is 0 Å². The van der Waals surface area contributed by atoms with E-state index in [9.17, 15) is 23.2 Å². The van der Waals surface area contributed by atoms with Crippen LogP contribution in [-0.4, -0.2) is 46.7 Å². The van der Waals surface area contributed by atoms with Crippen molar-refractivity contribution >= 4 is 28.5 Å². The first kappa shape index (κ1) is 33.0. The number of halogens is 2. The minimum atomic E-state index is -0.863. The van der Waals surface area contributed by atoms with Gasteiger partial charge >= 0.3 is 5.97 Å². The molecule has 0 fully saturated rings. The van der Waals surface area contributed by atoms with Crippen LogP contribution in [0.1, 0.15) is 34.0 Å². The van der Waals surface area contributed by atoms with Gasteiger partial charge in [-0.2, -0.15) is 0 Å². The summed E-state index contributed by atoms with van der Waals surface area (Å²) in [5, 5.41) is 11.7. The Bertz CT molecular complexity index is 1940. The maximum Gasteiger partial charge on any atom is 0.343 e. The highest BCUT2D eigenvalue weighted by atomic mass is 19.1. The predicted octanol–water partition coefficient (Wildman–Crippen LogP) is 5.86. The Hall–Kier alpha value is -5.39. The molecule has 0 aliphatic rings. The van der Waals surface area contributed by atoms with Gasteiger partial charge in [-0.15, -0.1) is 0 Å². The Kier molecular flexibility index (Phi) is 10.4. The highest BCUT2D eigenvalue weighted by molar-refractivity contribution is 5.95. The maximum atomic E-state index is 14.8. The Labute approximate surface area is 269 Å². The zero-order chi connectivity index (χ0) is 33.5. The zero-order valence-corrected chi connectivity index (χ0v) is 25.8. The summed E-state index contributed by atoms with van der Waals surface area (Å²) in [5.74, 6) is -2.27. The molecule has 0 aliphatic heterocycles. The van der Waals surface area contributed by atoms with Crippen LogP contribution in [0.4, 0.5) is 14.5 Å². The van der Waals surface area contributed by atoms with E-state index in [1.807, 2.05) is 42.3 Å². The van der Waals surface area contributed by atoms with Crippen LogP contribution < -0.4 is 15.5 Å². The van der Waals surface area contributed by atoms with E-state index in [4.69, 9.17) is 14.6 Å². The topological polar surface area (TPSA) is 110 Å². The van der Waals surface area contributed by atoms with Crippen molar-refractivity contribution in [1.82, 2.24) is 9.47 Å². The smallest absolute Gasteiger partial charge is 0.343 e. The standard InChI is InChI=1S/C36H33F2N3O6/c1-3-46-36(45)28-21-41(20-26-29(37)10-7-11-30(26)38)31-16-17-32(47-25-14-12-24(13-15-25)39-33(43)22-42)27(34(31)35(28)44)19-40(2)18-23-8-5-4-6-9-23/h4-17,21,42H,3,18-20,22H2,1-2H3,(H,39,43). The van der Waals surface area contributed by atoms with Gasteiger partial charge in [-0.25, -0.2) is 13.6 Å². The third kappa shape index (κ3) is 7.71. The lowest BCUT2D eigenvalue weighted by Gasteiger charge is -2.22. The second kappa shape index (κ2) is 14.8. The minimum Gasteiger partial charge on any atom is -0.462 e. The Balaban J connectivity index is 1.67. The summed E-state index contributed by atoms with van der Waals surface area (Å²) in [5.41, 5.74) is 1.12. The number of hydrogen-bond donors (Lipinski definition) is 2. The molecule has 0 radical (unpaired) electrons. The van der Waals surface area contributed by atoms with E-state index in [1.165, 1.54) is 16.8 Å². The highest BCUT2D eigenvalue weighted by Crippen LogP contribution is 2.33. The lowest BCUT2D eigenvalue weighted by atomic mass is 10.0. The maximum absolute atomic E-state index is 14.8. The fraction of sp³-hybridized carbons (Fsp3) is 0.194. The van der Waals surface area contributed by atoms with Crippen LogP contribution >= 0.6 is 0 Å². The first-order chi connectivity index (χ1) is 22.7. The largest absolute Gasteiger partial charge is 0.462 e. The number of benzene rings is 4. The molecule has 1 heterocycles. The molecule has 1 aromatic heterocycles. The number of nitrogens with one attached hydrogen (secondary N) is 1. The van der Waals surface area contributed by atoms with Gasteiger partial charge in [0, 0.05) is 36.1 Å². The van der Waals surface area contributed by atoms with Gasteiger partial charge in [0.2, 0.25) is 11.3 Å². The SMILES string of the molecule is CCOC(=O)c1cn(Cc2c(F)cccc2F)c2ccc(Oc3ccc(NC(=O)CO)cc3)c(CN(C)Cc3ccccc3)c2c1=O. The molecule has 4 aromatic carbocycles. The molecule has 0 spiro atoms. The van der Waals surface area contributed by atoms with Crippen LogP contribution in [0.25, 0.3) is 10.9 Å². The fourth-order valence-corrected chi connectivity index (χ4v) is 5.27. The molecule has 11 heteroatoms. The number of fused-ring (bicyclic) bond motifs is 1. The van der Waals surface area contributed by atoms with Crippen LogP contribution in [0.5, 0.6) is 11.5 Å². The van der Waals surface area contributed by atoms with Crippen LogP contribution in [0.3, 0.4) is 0 Å². The van der Waals surface area contributed by atoms with Gasteiger partial charge in [0.25, 0.3) is 0 Å². The summed E-state index contributed by atoms with van der Waals surface area (Å²) >= 11 is 0. The summed E-state index contributed by atoms with van der Waals surface area (Å²) in [4.78, 5) is 40.7. The first-order valence-electron chi connectivity index (χ1n) is 14.9. The van der Waals surface area contributed by atoms with Crippen LogP contribution in [-0.2, 0) is 29.2 Å². The normalized spacial score (nSPS) is 11.1. The fourth-order valence-electron chi connectivity index (χ4n) is 5.27. The number of anilines is 1. The average molecular weight is 642 g/mol. The second-order valence-electron chi connectivity index (χ2n) is 10.8. The van der Waals surface area contributed by atoms with E-state index in [0.717, 1.165) is 17.7 Å². The van der Waals surface area contributed by atoms with Gasteiger partial charge in [0.05, 0.1) is 24.1 Å². The molecule has 0 unspecified atom stereocenters. The molecule has 5 aromatic rings. The van der Waals surface area contributed by atoms with Crippen LogP contribution in [0, 0.1) is 11.6 Å². The molecule has 0 bridgehead atoms. The molecule has 2 N–H and O–H groups in total. The van der Waals surface area contributed by atoms with Crippen molar-refractivity contribution in [3.8, 4) is 11.5 Å². The molecule has 242 valence electrons. The van der Waals surface area contributed by atoms with Crippen molar-refractivity contribution in [2.24, 2.45) is 0 Å². The number of hydrogen-bond acceptors (Lipinski definition) is 7. The number of esters is 1. The summed E-state index contributed by atoms with van der Waals surface area (Å²) in [6.45, 7) is 1.38. The number of pyridine rings is 1. The summed E-state index contributed by atoms with van der Waals surface area (Å²) in [6.07, 6.45) is 1.27. The lowest BCUT2D eigenvalue weighted by Crippen LogP contribution is -2.24. The van der Waals surface area contributed by atoms with Gasteiger partial charge in [-0.1, -0.05) is 36.4 Å². The number of carbonyl (C=O) groups excluding carboxylic acids is 2. The molecular formula is C36H33F2N3O6. The number of nitrogens with zero attached hydrogens (tertiary/aromatic N) is 2. The monoisotopic (exact) mass is 641 g/mol. The van der Waals surface area contributed by atoms with E-state index in [2.05, 4.69) is 5.32 Å². The van der Waals surface area contributed by atoms with Gasteiger partial charge < -0.3 is 24.5 Å². The summed E-state index contributed by atoms with van der Waals surface area (Å²) in [6, 6.07) is 23.0. The second-order valence-corrected chi connectivity index (χ2v) is 10.8. The molecule has 9 nitrogen and oxygen atoms in total. The number of aromatic nitrogens is 1. The van der Waals surface area contributed by atoms with Gasteiger partial charge in [-0.3, -0.25) is 14.5 Å². The van der Waals surface area contributed by atoms with Gasteiger partial charge in [0.1, 0.15) is 35.3 Å². The van der Waals surface area contributed by atoms with Crippen molar-refractivity contribution < 1.29 is 33.0 Å². The number of aliphatic hydroxyl groups excluding tert-OH is 1. The number of ether oxygens (including phenoxy) is 2. The van der Waals surface area contributed by atoms with E-state index in [0.29, 0.717) is 34.8 Å². The van der Waals surface area contributed by atoms with E-state index < -0.39 is 35.5 Å². The number of rotatable bonds is 12. The van der Waals surface area contributed by atoms with Gasteiger partial charge in [-0.05, 0) is 68.1 Å². The first-order valence-corrected chi connectivity index (χ1v) is 14.9. The molecule has 0 saturated carbocycles. The number of aliphatic hydroxyl groups is 1. The third-order valence-electron chi connectivity index (χ3n) is 7.43. The molecule has 1 amide bonds. The summed E-state index contributed by atoms with van der Waals surface area (Å²) < 4.78 is 42.6. The third-order valence-corrected chi connectivity index (χ3v) is 7.43. The lowest BCUT2D eigenvalue weighted by molar-refractivity contribution is -0.118. The Morgan fingerprint density at radius 3 is 2.26 bits per heavy atom. The molecule has 47 heavy (non-hydrogen) atoms. The van der Waals surface area contributed by atoms with E-state index in [-0.39, 0.29) is 36.2 Å². The van der Waals surface area contributed by atoms with Crippen molar-refractivity contribution in [1.29, 1.82) is 0 Å². The van der Waals surface area contributed by atoms with Gasteiger partial charge in [0.15, 0.2) is 0 Å². The molecule has 0 aliphatic carbocycles. The molecule has 0 atom stereocenters. The minimum absolute atomic E-state index is 0.0167. The highest BCUT2D eigenvalue weighted by Gasteiger charge is 2.23. The Morgan fingerprint density at radius 1 is 0.894 bits per heavy atom. The number of carbonyl (C=O) groups is 2. The van der Waals surface area contributed by atoms with Crippen molar-refractivity contribution in [3.63, 3.8) is 0 Å². The van der Waals surface area contributed by atoms with E-state index in [1.54, 1.807) is 43.3 Å². The van der Waals surface area contributed by atoms with Crippen molar-refractivity contribution in [2.75, 3.05) is 25.6 Å². The summed E-state index contributed by atoms with van der Waals surface area (Å²) in [7, 11) is 1.87. The molecule has 5 rings (SSSR count). The average Bonchev–Trinajstić information content (AvgIpc) is 3.06. The Morgan fingerprint density at radius 2 is 1.60 bits per heavy atom. The van der Waals surface area contributed by atoms with Crippen molar-refractivity contribution in [3.05, 3.63) is 135 Å². The van der Waals surface area contributed by atoms with Crippen molar-refractivity contribution in [2.45, 2.75) is 26.6 Å². The number of amides is 1.